The standard InChI is InChI=1S/C13H15N3O/c14-11-4-6-16(8-11)13(17)10-1-2-12-9(7-10)3-5-15-12/h1-3,5,7,11,15H,4,6,8,14H2/t11-/m0/s1. The summed E-state index contributed by atoms with van der Waals surface area (Å²) in [7, 11) is 0. The fourth-order valence-electron chi connectivity index (χ4n) is 2.34. The number of rotatable bonds is 1. The van der Waals surface area contributed by atoms with Gasteiger partial charge in [-0.1, -0.05) is 0 Å². The molecule has 1 saturated heterocycles. The molecule has 0 aliphatic carbocycles. The maximum atomic E-state index is 12.2. The van der Waals surface area contributed by atoms with Crippen LogP contribution in [-0.2, 0) is 0 Å². The zero-order valence-electron chi connectivity index (χ0n) is 9.52. The Labute approximate surface area is 99.4 Å². The van der Waals surface area contributed by atoms with Gasteiger partial charge in [-0.25, -0.2) is 0 Å². The summed E-state index contributed by atoms with van der Waals surface area (Å²) < 4.78 is 0. The van der Waals surface area contributed by atoms with E-state index in [9.17, 15) is 4.79 Å². The van der Waals surface area contributed by atoms with E-state index in [1.807, 2.05) is 35.4 Å². The van der Waals surface area contributed by atoms with E-state index >= 15 is 0 Å². The summed E-state index contributed by atoms with van der Waals surface area (Å²) in [5, 5.41) is 1.07. The molecule has 1 aliphatic heterocycles. The number of carbonyl (C=O) groups excluding carboxylic acids is 1. The quantitative estimate of drug-likeness (QED) is 0.775. The first-order valence-corrected chi connectivity index (χ1v) is 5.86. The Kier molecular flexibility index (Phi) is 2.37. The molecule has 3 N–H and O–H groups in total. The van der Waals surface area contributed by atoms with Crippen molar-refractivity contribution in [2.45, 2.75) is 12.5 Å². The van der Waals surface area contributed by atoms with Crippen LogP contribution in [0.15, 0.2) is 30.5 Å². The number of likely N-dealkylation sites (tertiary alicyclic amines) is 1. The normalized spacial score (nSPS) is 20.1. The third-order valence-corrected chi connectivity index (χ3v) is 3.31. The largest absolute Gasteiger partial charge is 0.361 e. The van der Waals surface area contributed by atoms with Crippen molar-refractivity contribution in [2.75, 3.05) is 13.1 Å². The van der Waals surface area contributed by atoms with Gasteiger partial charge in [0.05, 0.1) is 0 Å². The highest BCUT2D eigenvalue weighted by Crippen LogP contribution is 2.17. The molecule has 17 heavy (non-hydrogen) atoms. The molecule has 1 aromatic heterocycles. The molecule has 4 heteroatoms. The van der Waals surface area contributed by atoms with Crippen LogP contribution in [0.5, 0.6) is 0 Å². The molecule has 1 aliphatic rings. The molecule has 1 fully saturated rings. The SMILES string of the molecule is N[C@H]1CCN(C(=O)c2ccc3[nH]ccc3c2)C1. The summed E-state index contributed by atoms with van der Waals surface area (Å²) in [4.78, 5) is 17.2. The summed E-state index contributed by atoms with van der Waals surface area (Å²) in [6.45, 7) is 1.44. The minimum absolute atomic E-state index is 0.0843. The lowest BCUT2D eigenvalue weighted by Crippen LogP contribution is -2.31. The number of hydrogen-bond acceptors (Lipinski definition) is 2. The highest BCUT2D eigenvalue weighted by atomic mass is 16.2. The maximum Gasteiger partial charge on any atom is 0.253 e. The fourth-order valence-corrected chi connectivity index (χ4v) is 2.34. The van der Waals surface area contributed by atoms with Gasteiger partial charge >= 0.3 is 0 Å². The Bertz CT molecular complexity index is 561. The van der Waals surface area contributed by atoms with Crippen molar-refractivity contribution in [1.29, 1.82) is 0 Å². The average Bonchev–Trinajstić information content (AvgIpc) is 2.95. The van der Waals surface area contributed by atoms with Crippen LogP contribution in [0, 0.1) is 0 Å². The fraction of sp³-hybridized carbons (Fsp3) is 0.308. The second kappa shape index (κ2) is 3.89. The first-order valence-electron chi connectivity index (χ1n) is 5.86. The molecule has 0 spiro atoms. The van der Waals surface area contributed by atoms with Crippen LogP contribution in [-0.4, -0.2) is 34.9 Å². The summed E-state index contributed by atoms with van der Waals surface area (Å²) >= 11 is 0. The van der Waals surface area contributed by atoms with E-state index in [1.165, 1.54) is 0 Å². The minimum atomic E-state index is 0.0843. The van der Waals surface area contributed by atoms with Gasteiger partial charge in [0.2, 0.25) is 0 Å². The summed E-state index contributed by atoms with van der Waals surface area (Å²) in [6, 6.07) is 7.85. The van der Waals surface area contributed by atoms with E-state index in [1.54, 1.807) is 0 Å². The van der Waals surface area contributed by atoms with E-state index in [0.717, 1.165) is 29.4 Å². The molecule has 2 heterocycles. The van der Waals surface area contributed by atoms with Crippen LogP contribution in [0.3, 0.4) is 0 Å². The molecule has 1 atom stereocenters. The molecule has 3 rings (SSSR count). The van der Waals surface area contributed by atoms with E-state index in [0.29, 0.717) is 6.54 Å². The zero-order chi connectivity index (χ0) is 11.8. The summed E-state index contributed by atoms with van der Waals surface area (Å²) in [6.07, 6.45) is 2.78. The van der Waals surface area contributed by atoms with Gasteiger partial charge in [-0.3, -0.25) is 4.79 Å². The van der Waals surface area contributed by atoms with Crippen molar-refractivity contribution in [3.63, 3.8) is 0 Å². The lowest BCUT2D eigenvalue weighted by Gasteiger charge is -2.15. The van der Waals surface area contributed by atoms with Crippen molar-refractivity contribution >= 4 is 16.8 Å². The number of nitrogens with one attached hydrogen (secondary N) is 1. The molecule has 0 bridgehead atoms. The third kappa shape index (κ3) is 1.80. The van der Waals surface area contributed by atoms with Crippen LogP contribution in [0.25, 0.3) is 10.9 Å². The number of aromatic amines is 1. The highest BCUT2D eigenvalue weighted by Gasteiger charge is 2.24. The summed E-state index contributed by atoms with van der Waals surface area (Å²) in [5.74, 6) is 0.0843. The monoisotopic (exact) mass is 229 g/mol. The van der Waals surface area contributed by atoms with E-state index in [-0.39, 0.29) is 11.9 Å². The molecule has 88 valence electrons. The van der Waals surface area contributed by atoms with Gasteiger partial charge in [-0.05, 0) is 30.7 Å². The predicted octanol–water partition coefficient (Wildman–Crippen LogP) is 1.34. The van der Waals surface area contributed by atoms with Crippen LogP contribution in [0.2, 0.25) is 0 Å². The van der Waals surface area contributed by atoms with Crippen LogP contribution in [0.4, 0.5) is 0 Å². The van der Waals surface area contributed by atoms with Gasteiger partial charge in [-0.15, -0.1) is 0 Å². The predicted molar refractivity (Wildman–Crippen MR) is 66.8 cm³/mol. The van der Waals surface area contributed by atoms with Crippen LogP contribution in [0.1, 0.15) is 16.8 Å². The number of nitrogens with zero attached hydrogens (tertiary/aromatic N) is 1. The lowest BCUT2D eigenvalue weighted by molar-refractivity contribution is 0.0791. The molecule has 1 amide bonds. The molecule has 0 saturated carbocycles. The Morgan fingerprint density at radius 3 is 3.06 bits per heavy atom. The topological polar surface area (TPSA) is 62.1 Å². The molecular weight excluding hydrogens is 214 g/mol. The molecule has 0 unspecified atom stereocenters. The number of fused-ring (bicyclic) bond motifs is 1. The molecule has 4 nitrogen and oxygen atoms in total. The van der Waals surface area contributed by atoms with Crippen molar-refractivity contribution in [2.24, 2.45) is 5.73 Å². The summed E-state index contributed by atoms with van der Waals surface area (Å²) in [5.41, 5.74) is 7.61. The Morgan fingerprint density at radius 2 is 2.29 bits per heavy atom. The number of hydrogen-bond donors (Lipinski definition) is 2. The van der Waals surface area contributed by atoms with Gasteiger partial charge in [0.15, 0.2) is 0 Å². The second-order valence-corrected chi connectivity index (χ2v) is 4.58. The van der Waals surface area contributed by atoms with Crippen LogP contribution >= 0.6 is 0 Å². The number of nitrogens with two attached hydrogens (primary N) is 1. The zero-order valence-corrected chi connectivity index (χ0v) is 9.52. The molecular formula is C13H15N3O. The average molecular weight is 229 g/mol. The number of aromatic nitrogens is 1. The first-order chi connectivity index (χ1) is 8.24. The van der Waals surface area contributed by atoms with Gasteiger partial charge in [0, 0.05) is 41.8 Å². The van der Waals surface area contributed by atoms with Crippen LogP contribution < -0.4 is 5.73 Å². The Morgan fingerprint density at radius 1 is 1.41 bits per heavy atom. The smallest absolute Gasteiger partial charge is 0.253 e. The van der Waals surface area contributed by atoms with Gasteiger partial charge in [-0.2, -0.15) is 0 Å². The van der Waals surface area contributed by atoms with Crippen molar-refractivity contribution in [1.82, 2.24) is 9.88 Å². The molecule has 0 radical (unpaired) electrons. The lowest BCUT2D eigenvalue weighted by atomic mass is 10.1. The number of H-pyrrole nitrogens is 1. The Balaban J connectivity index is 1.89. The second-order valence-electron chi connectivity index (χ2n) is 4.58. The first kappa shape index (κ1) is 10.4. The van der Waals surface area contributed by atoms with Crippen molar-refractivity contribution < 1.29 is 4.79 Å². The highest BCUT2D eigenvalue weighted by molar-refractivity contribution is 5.98. The van der Waals surface area contributed by atoms with E-state index in [4.69, 9.17) is 5.73 Å². The number of carbonyl (C=O) groups is 1. The van der Waals surface area contributed by atoms with Gasteiger partial charge in [0.25, 0.3) is 5.91 Å². The Hall–Kier alpha value is -1.81. The minimum Gasteiger partial charge on any atom is -0.361 e. The number of benzene rings is 1. The maximum absolute atomic E-state index is 12.2. The number of amides is 1. The molecule has 2 aromatic rings. The van der Waals surface area contributed by atoms with E-state index in [2.05, 4.69) is 4.98 Å². The van der Waals surface area contributed by atoms with Crippen molar-refractivity contribution in [3.8, 4) is 0 Å². The molecule has 1 aromatic carbocycles. The third-order valence-electron chi connectivity index (χ3n) is 3.31. The van der Waals surface area contributed by atoms with Gasteiger partial charge in [0.1, 0.15) is 0 Å². The van der Waals surface area contributed by atoms with Gasteiger partial charge < -0.3 is 15.6 Å². The van der Waals surface area contributed by atoms with E-state index < -0.39 is 0 Å². The van der Waals surface area contributed by atoms with Crippen molar-refractivity contribution in [3.05, 3.63) is 36.0 Å².